The molecule has 1 aromatic carbocycles. The summed E-state index contributed by atoms with van der Waals surface area (Å²) < 4.78 is 1.89. The fourth-order valence-corrected chi connectivity index (χ4v) is 2.46. The average Bonchev–Trinajstić information content (AvgIpc) is 2.80. The maximum atomic E-state index is 6.25. The van der Waals surface area contributed by atoms with Gasteiger partial charge in [0, 0.05) is 17.0 Å². The Morgan fingerprint density at radius 3 is 2.60 bits per heavy atom. The first kappa shape index (κ1) is 13.1. The lowest BCUT2D eigenvalue weighted by Crippen LogP contribution is -2.18. The number of hydrogen-bond acceptors (Lipinski definition) is 3. The molecule has 0 fully saturated rings. The van der Waals surface area contributed by atoms with Crippen molar-refractivity contribution in [2.75, 3.05) is 0 Å². The molecule has 0 bridgehead atoms. The van der Waals surface area contributed by atoms with E-state index in [2.05, 4.69) is 36.0 Å². The molecule has 0 radical (unpaired) electrons. The van der Waals surface area contributed by atoms with Crippen molar-refractivity contribution < 1.29 is 0 Å². The van der Waals surface area contributed by atoms with Crippen molar-refractivity contribution in [1.29, 1.82) is 0 Å². The van der Waals surface area contributed by atoms with Gasteiger partial charge >= 0.3 is 0 Å². The van der Waals surface area contributed by atoms with Gasteiger partial charge in [-0.05, 0) is 35.9 Å². The standard InChI is InChI=1S/C15H15ClN4/c1-15(2,3)13-18-19-14(16)20(13)12-8-4-7-11-10(12)6-5-9-17-11/h4-9H,1-3H3. The van der Waals surface area contributed by atoms with E-state index in [1.54, 1.807) is 6.20 Å². The summed E-state index contributed by atoms with van der Waals surface area (Å²) in [5, 5.41) is 9.65. The average molecular weight is 287 g/mol. The van der Waals surface area contributed by atoms with Crippen LogP contribution in [0.3, 0.4) is 0 Å². The third-order valence-electron chi connectivity index (χ3n) is 3.16. The molecular formula is C15H15ClN4. The Kier molecular flexibility index (Phi) is 2.98. The first-order valence-corrected chi connectivity index (χ1v) is 6.82. The summed E-state index contributed by atoms with van der Waals surface area (Å²) in [6.07, 6.45) is 1.78. The molecule has 3 rings (SSSR count). The Hall–Kier alpha value is -1.94. The minimum Gasteiger partial charge on any atom is -0.269 e. The number of halogens is 1. The van der Waals surface area contributed by atoms with Crippen LogP contribution < -0.4 is 0 Å². The fourth-order valence-electron chi connectivity index (χ4n) is 2.25. The number of nitrogens with zero attached hydrogens (tertiary/aromatic N) is 4. The Morgan fingerprint density at radius 2 is 1.85 bits per heavy atom. The molecule has 0 spiro atoms. The highest BCUT2D eigenvalue weighted by Gasteiger charge is 2.24. The Morgan fingerprint density at radius 1 is 1.05 bits per heavy atom. The van der Waals surface area contributed by atoms with Gasteiger partial charge < -0.3 is 0 Å². The quantitative estimate of drug-likeness (QED) is 0.684. The van der Waals surface area contributed by atoms with Crippen molar-refractivity contribution in [2.45, 2.75) is 26.2 Å². The third-order valence-corrected chi connectivity index (χ3v) is 3.40. The topological polar surface area (TPSA) is 43.6 Å². The van der Waals surface area contributed by atoms with Crippen LogP contribution in [0.15, 0.2) is 36.5 Å². The molecular weight excluding hydrogens is 272 g/mol. The van der Waals surface area contributed by atoms with Crippen LogP contribution in [0.5, 0.6) is 0 Å². The van der Waals surface area contributed by atoms with E-state index in [1.807, 2.05) is 34.9 Å². The fraction of sp³-hybridized carbons (Fsp3) is 0.267. The molecule has 0 saturated carbocycles. The number of hydrogen-bond donors (Lipinski definition) is 0. The van der Waals surface area contributed by atoms with E-state index in [-0.39, 0.29) is 5.41 Å². The third kappa shape index (κ3) is 2.06. The number of aromatic nitrogens is 4. The second-order valence-corrected chi connectivity index (χ2v) is 6.06. The second kappa shape index (κ2) is 4.56. The molecule has 0 amide bonds. The summed E-state index contributed by atoms with van der Waals surface area (Å²) in [6.45, 7) is 6.27. The van der Waals surface area contributed by atoms with E-state index in [0.717, 1.165) is 22.4 Å². The van der Waals surface area contributed by atoms with E-state index in [1.165, 1.54) is 0 Å². The van der Waals surface area contributed by atoms with Crippen LogP contribution in [0, 0.1) is 0 Å². The number of pyridine rings is 1. The summed E-state index contributed by atoms with van der Waals surface area (Å²) in [5.74, 6) is 0.832. The van der Waals surface area contributed by atoms with E-state index in [0.29, 0.717) is 5.28 Å². The van der Waals surface area contributed by atoms with Crippen molar-refractivity contribution in [3.63, 3.8) is 0 Å². The zero-order valence-electron chi connectivity index (χ0n) is 11.6. The minimum absolute atomic E-state index is 0.148. The molecule has 0 unspecified atom stereocenters. The zero-order chi connectivity index (χ0) is 14.3. The normalized spacial score (nSPS) is 12.0. The van der Waals surface area contributed by atoms with Crippen LogP contribution in [0.4, 0.5) is 0 Å². The lowest BCUT2D eigenvalue weighted by molar-refractivity contribution is 0.533. The molecule has 102 valence electrons. The molecule has 0 atom stereocenters. The van der Waals surface area contributed by atoms with Gasteiger partial charge in [0.2, 0.25) is 5.28 Å². The summed E-state index contributed by atoms with van der Waals surface area (Å²) >= 11 is 6.25. The molecule has 0 aliphatic carbocycles. The first-order chi connectivity index (χ1) is 9.48. The van der Waals surface area contributed by atoms with Crippen LogP contribution in [0.25, 0.3) is 16.6 Å². The highest BCUT2D eigenvalue weighted by molar-refractivity contribution is 6.28. The van der Waals surface area contributed by atoms with Gasteiger partial charge in [0.15, 0.2) is 0 Å². The predicted octanol–water partition coefficient (Wildman–Crippen LogP) is 3.77. The maximum Gasteiger partial charge on any atom is 0.229 e. The minimum atomic E-state index is -0.148. The number of benzene rings is 1. The lowest BCUT2D eigenvalue weighted by Gasteiger charge is -2.19. The van der Waals surface area contributed by atoms with Crippen LogP contribution >= 0.6 is 11.6 Å². The van der Waals surface area contributed by atoms with Crippen LogP contribution in [0.2, 0.25) is 5.28 Å². The van der Waals surface area contributed by atoms with Crippen LogP contribution in [0.1, 0.15) is 26.6 Å². The van der Waals surface area contributed by atoms with E-state index < -0.39 is 0 Å². The van der Waals surface area contributed by atoms with Gasteiger partial charge in [-0.15, -0.1) is 10.2 Å². The van der Waals surface area contributed by atoms with Gasteiger partial charge in [0.05, 0.1) is 11.2 Å². The monoisotopic (exact) mass is 286 g/mol. The molecule has 5 heteroatoms. The largest absolute Gasteiger partial charge is 0.269 e. The summed E-state index contributed by atoms with van der Waals surface area (Å²) in [4.78, 5) is 4.38. The summed E-state index contributed by atoms with van der Waals surface area (Å²) in [7, 11) is 0. The smallest absolute Gasteiger partial charge is 0.229 e. The van der Waals surface area contributed by atoms with Crippen molar-refractivity contribution in [2.24, 2.45) is 0 Å². The molecule has 2 heterocycles. The predicted molar refractivity (Wildman–Crippen MR) is 80.4 cm³/mol. The van der Waals surface area contributed by atoms with Gasteiger partial charge in [0.1, 0.15) is 5.82 Å². The van der Waals surface area contributed by atoms with E-state index in [9.17, 15) is 0 Å². The highest BCUT2D eigenvalue weighted by atomic mass is 35.5. The molecule has 0 aliphatic rings. The van der Waals surface area contributed by atoms with Crippen LogP contribution in [-0.4, -0.2) is 19.7 Å². The molecule has 3 aromatic rings. The second-order valence-electron chi connectivity index (χ2n) is 5.73. The molecule has 0 saturated heterocycles. The molecule has 20 heavy (non-hydrogen) atoms. The first-order valence-electron chi connectivity index (χ1n) is 6.44. The molecule has 0 aliphatic heterocycles. The van der Waals surface area contributed by atoms with Gasteiger partial charge in [0.25, 0.3) is 0 Å². The lowest BCUT2D eigenvalue weighted by atomic mass is 9.95. The summed E-state index contributed by atoms with van der Waals surface area (Å²) in [5.41, 5.74) is 1.73. The van der Waals surface area contributed by atoms with Crippen molar-refractivity contribution in [3.05, 3.63) is 47.6 Å². The zero-order valence-corrected chi connectivity index (χ0v) is 12.4. The Labute approximate surface area is 122 Å². The number of rotatable bonds is 1. The summed E-state index contributed by atoms with van der Waals surface area (Å²) in [6, 6.07) is 9.90. The molecule has 4 nitrogen and oxygen atoms in total. The van der Waals surface area contributed by atoms with Gasteiger partial charge in [-0.2, -0.15) is 0 Å². The maximum absolute atomic E-state index is 6.25. The van der Waals surface area contributed by atoms with Gasteiger partial charge in [-0.3, -0.25) is 9.55 Å². The van der Waals surface area contributed by atoms with E-state index in [4.69, 9.17) is 11.6 Å². The SMILES string of the molecule is CC(C)(C)c1nnc(Cl)n1-c1cccc2ncccc12. The molecule has 2 aromatic heterocycles. The molecule has 0 N–H and O–H groups in total. The van der Waals surface area contributed by atoms with Crippen LogP contribution in [-0.2, 0) is 5.41 Å². The Bertz CT molecular complexity index is 766. The van der Waals surface area contributed by atoms with Crippen molar-refractivity contribution in [1.82, 2.24) is 19.7 Å². The number of fused-ring (bicyclic) bond motifs is 1. The van der Waals surface area contributed by atoms with Gasteiger partial charge in [-0.25, -0.2) is 0 Å². The van der Waals surface area contributed by atoms with E-state index >= 15 is 0 Å². The van der Waals surface area contributed by atoms with Gasteiger partial charge in [-0.1, -0.05) is 26.8 Å². The van der Waals surface area contributed by atoms with Crippen molar-refractivity contribution in [3.8, 4) is 5.69 Å². The van der Waals surface area contributed by atoms with Crippen molar-refractivity contribution >= 4 is 22.5 Å². The highest BCUT2D eigenvalue weighted by Crippen LogP contribution is 2.29. The Balaban J connectivity index is 2.35.